The lowest BCUT2D eigenvalue weighted by molar-refractivity contribution is -0.122. The molecular formula is C19H26ClN5O2. The van der Waals surface area contributed by atoms with Gasteiger partial charge in [0.15, 0.2) is 0 Å². The molecular weight excluding hydrogens is 366 g/mol. The van der Waals surface area contributed by atoms with Crippen molar-refractivity contribution in [2.45, 2.75) is 45.3 Å². The Hall–Kier alpha value is -2.12. The number of hydrogen-bond donors (Lipinski definition) is 1. The summed E-state index contributed by atoms with van der Waals surface area (Å²) in [6.07, 6.45) is 3.72. The van der Waals surface area contributed by atoms with E-state index in [1.165, 1.54) is 0 Å². The summed E-state index contributed by atoms with van der Waals surface area (Å²) in [5, 5.41) is 11.9. The number of methoxy groups -OCH3 is 1. The van der Waals surface area contributed by atoms with Gasteiger partial charge in [0.1, 0.15) is 18.0 Å². The number of ether oxygens (including phenoxy) is 1. The summed E-state index contributed by atoms with van der Waals surface area (Å²) in [6.45, 7) is 6.61. The molecule has 1 aliphatic heterocycles. The van der Waals surface area contributed by atoms with Crippen molar-refractivity contribution < 1.29 is 9.53 Å². The number of hydrogen-bond acceptors (Lipinski definition) is 5. The Bertz CT molecular complexity index is 784. The number of likely N-dealkylation sites (tertiary alicyclic amines) is 1. The standard InChI is InChI=1S/C19H26ClN5O2/c1-13(2)24-8-6-15(7-9-24)21-19(26)12-25-11-17(22-23-25)14-4-5-16(20)18(10-14)27-3/h4-5,10-11,13,15H,6-9,12H2,1-3H3,(H,21,26). The Morgan fingerprint density at radius 2 is 2.11 bits per heavy atom. The zero-order valence-corrected chi connectivity index (χ0v) is 16.7. The molecule has 2 aromatic rings. The number of amides is 1. The molecule has 0 bridgehead atoms. The van der Waals surface area contributed by atoms with Gasteiger partial charge in [-0.05, 0) is 38.8 Å². The number of rotatable bonds is 6. The molecule has 0 atom stereocenters. The lowest BCUT2D eigenvalue weighted by Crippen LogP contribution is -2.47. The number of piperidine rings is 1. The van der Waals surface area contributed by atoms with Crippen LogP contribution in [-0.2, 0) is 11.3 Å². The molecule has 1 amide bonds. The van der Waals surface area contributed by atoms with Crippen LogP contribution < -0.4 is 10.1 Å². The molecule has 0 spiro atoms. The minimum absolute atomic E-state index is 0.0388. The Balaban J connectivity index is 1.55. The van der Waals surface area contributed by atoms with Gasteiger partial charge < -0.3 is 15.0 Å². The van der Waals surface area contributed by atoms with Crippen LogP contribution in [0.3, 0.4) is 0 Å². The van der Waals surface area contributed by atoms with Crippen molar-refractivity contribution in [3.63, 3.8) is 0 Å². The summed E-state index contributed by atoms with van der Waals surface area (Å²) in [5.41, 5.74) is 1.51. The summed E-state index contributed by atoms with van der Waals surface area (Å²) in [4.78, 5) is 14.8. The van der Waals surface area contributed by atoms with Gasteiger partial charge in [0.2, 0.25) is 5.91 Å². The highest BCUT2D eigenvalue weighted by Crippen LogP contribution is 2.29. The third-order valence-electron chi connectivity index (χ3n) is 4.92. The van der Waals surface area contributed by atoms with Crippen LogP contribution in [0.15, 0.2) is 24.4 Å². The van der Waals surface area contributed by atoms with E-state index in [-0.39, 0.29) is 18.5 Å². The van der Waals surface area contributed by atoms with E-state index in [1.54, 1.807) is 30.1 Å². The first-order valence-electron chi connectivity index (χ1n) is 9.23. The first kappa shape index (κ1) is 19.6. The highest BCUT2D eigenvalue weighted by atomic mass is 35.5. The van der Waals surface area contributed by atoms with Crippen LogP contribution in [0.25, 0.3) is 11.3 Å². The lowest BCUT2D eigenvalue weighted by Gasteiger charge is -2.34. The molecule has 7 nitrogen and oxygen atoms in total. The Morgan fingerprint density at radius 1 is 1.37 bits per heavy atom. The summed E-state index contributed by atoms with van der Waals surface area (Å²) in [7, 11) is 1.57. The van der Waals surface area contributed by atoms with E-state index in [0.29, 0.717) is 22.5 Å². The van der Waals surface area contributed by atoms with E-state index >= 15 is 0 Å². The first-order chi connectivity index (χ1) is 13.0. The second-order valence-electron chi connectivity index (χ2n) is 7.12. The molecule has 146 valence electrons. The van der Waals surface area contributed by atoms with E-state index in [9.17, 15) is 4.79 Å². The molecule has 1 aromatic carbocycles. The molecule has 3 rings (SSSR count). The van der Waals surface area contributed by atoms with Gasteiger partial charge in [-0.3, -0.25) is 4.79 Å². The number of carbonyl (C=O) groups is 1. The maximum Gasteiger partial charge on any atom is 0.242 e. The van der Waals surface area contributed by atoms with Crippen molar-refractivity contribution in [3.05, 3.63) is 29.4 Å². The molecule has 0 saturated carbocycles. The largest absolute Gasteiger partial charge is 0.495 e. The average Bonchev–Trinajstić information content (AvgIpc) is 3.10. The van der Waals surface area contributed by atoms with Crippen molar-refractivity contribution in [2.75, 3.05) is 20.2 Å². The molecule has 27 heavy (non-hydrogen) atoms. The fourth-order valence-electron chi connectivity index (χ4n) is 3.31. The molecule has 1 aliphatic rings. The molecule has 1 saturated heterocycles. The van der Waals surface area contributed by atoms with Gasteiger partial charge in [0, 0.05) is 30.7 Å². The predicted octanol–water partition coefficient (Wildman–Crippen LogP) is 2.60. The summed E-state index contributed by atoms with van der Waals surface area (Å²) in [5.74, 6) is 0.539. The van der Waals surface area contributed by atoms with Gasteiger partial charge in [-0.2, -0.15) is 0 Å². The monoisotopic (exact) mass is 391 g/mol. The maximum atomic E-state index is 12.3. The number of aromatic nitrogens is 3. The normalized spacial score (nSPS) is 15.9. The smallest absolute Gasteiger partial charge is 0.242 e. The number of nitrogens with zero attached hydrogens (tertiary/aromatic N) is 4. The van der Waals surface area contributed by atoms with Crippen molar-refractivity contribution >= 4 is 17.5 Å². The minimum Gasteiger partial charge on any atom is -0.495 e. The number of benzene rings is 1. The molecule has 1 fully saturated rings. The third-order valence-corrected chi connectivity index (χ3v) is 5.23. The Labute approximate surface area is 164 Å². The van der Waals surface area contributed by atoms with Crippen LogP contribution in [0, 0.1) is 0 Å². The molecule has 0 unspecified atom stereocenters. The molecule has 0 radical (unpaired) electrons. The first-order valence-corrected chi connectivity index (χ1v) is 9.61. The fraction of sp³-hybridized carbons (Fsp3) is 0.526. The zero-order valence-electron chi connectivity index (χ0n) is 16.0. The second-order valence-corrected chi connectivity index (χ2v) is 7.53. The van der Waals surface area contributed by atoms with Crippen LogP contribution in [0.1, 0.15) is 26.7 Å². The van der Waals surface area contributed by atoms with Gasteiger partial charge in [-0.25, -0.2) is 4.68 Å². The summed E-state index contributed by atoms with van der Waals surface area (Å²) >= 11 is 6.05. The average molecular weight is 392 g/mol. The quantitative estimate of drug-likeness (QED) is 0.819. The Morgan fingerprint density at radius 3 is 2.78 bits per heavy atom. The predicted molar refractivity (Wildman–Crippen MR) is 105 cm³/mol. The van der Waals surface area contributed by atoms with E-state index in [1.807, 2.05) is 6.07 Å². The fourth-order valence-corrected chi connectivity index (χ4v) is 3.50. The van der Waals surface area contributed by atoms with Gasteiger partial charge in [-0.15, -0.1) is 5.10 Å². The highest BCUT2D eigenvalue weighted by molar-refractivity contribution is 6.32. The van der Waals surface area contributed by atoms with E-state index < -0.39 is 0 Å². The molecule has 8 heteroatoms. The van der Waals surface area contributed by atoms with Crippen LogP contribution >= 0.6 is 11.6 Å². The summed E-state index contributed by atoms with van der Waals surface area (Å²) in [6, 6.07) is 6.20. The molecule has 1 N–H and O–H groups in total. The topological polar surface area (TPSA) is 72.3 Å². The number of halogens is 1. The maximum absolute atomic E-state index is 12.3. The molecule has 0 aliphatic carbocycles. The lowest BCUT2D eigenvalue weighted by atomic mass is 10.0. The van der Waals surface area contributed by atoms with E-state index in [2.05, 4.69) is 34.4 Å². The molecule has 2 heterocycles. The number of carbonyl (C=O) groups excluding carboxylic acids is 1. The number of nitrogens with one attached hydrogen (secondary N) is 1. The van der Waals surface area contributed by atoms with Crippen molar-refractivity contribution in [2.24, 2.45) is 0 Å². The van der Waals surface area contributed by atoms with Crippen LogP contribution in [0.2, 0.25) is 5.02 Å². The third kappa shape index (κ3) is 4.99. The second kappa shape index (κ2) is 8.71. The van der Waals surface area contributed by atoms with Crippen molar-refractivity contribution in [3.8, 4) is 17.0 Å². The van der Waals surface area contributed by atoms with E-state index in [0.717, 1.165) is 31.5 Å². The molecule has 1 aromatic heterocycles. The van der Waals surface area contributed by atoms with Crippen LogP contribution in [-0.4, -0.2) is 58.1 Å². The zero-order chi connectivity index (χ0) is 19.4. The highest BCUT2D eigenvalue weighted by Gasteiger charge is 2.22. The van der Waals surface area contributed by atoms with Gasteiger partial charge >= 0.3 is 0 Å². The van der Waals surface area contributed by atoms with Crippen LogP contribution in [0.5, 0.6) is 5.75 Å². The van der Waals surface area contributed by atoms with Crippen molar-refractivity contribution in [1.29, 1.82) is 0 Å². The van der Waals surface area contributed by atoms with Crippen molar-refractivity contribution in [1.82, 2.24) is 25.2 Å². The van der Waals surface area contributed by atoms with Crippen LogP contribution in [0.4, 0.5) is 0 Å². The SMILES string of the molecule is COc1cc(-c2cn(CC(=O)NC3CCN(C(C)C)CC3)nn2)ccc1Cl. The van der Waals surface area contributed by atoms with E-state index in [4.69, 9.17) is 16.3 Å². The minimum atomic E-state index is -0.0388. The van der Waals surface area contributed by atoms with Gasteiger partial charge in [0.05, 0.1) is 18.3 Å². The van der Waals surface area contributed by atoms with Gasteiger partial charge in [-0.1, -0.05) is 22.9 Å². The summed E-state index contributed by atoms with van der Waals surface area (Å²) < 4.78 is 6.78. The van der Waals surface area contributed by atoms with Gasteiger partial charge in [0.25, 0.3) is 0 Å². The Kier molecular flexibility index (Phi) is 6.34.